The van der Waals surface area contributed by atoms with Crippen LogP contribution in [0, 0.1) is 17.5 Å². The maximum Gasteiger partial charge on any atom is 0.254 e. The van der Waals surface area contributed by atoms with Crippen LogP contribution in [0.3, 0.4) is 0 Å². The summed E-state index contributed by atoms with van der Waals surface area (Å²) in [6.07, 6.45) is 0. The summed E-state index contributed by atoms with van der Waals surface area (Å²) in [4.78, 5) is 11.8. The van der Waals surface area contributed by atoms with Crippen LogP contribution in [-0.4, -0.2) is 27.4 Å². The van der Waals surface area contributed by atoms with Crippen molar-refractivity contribution in [2.75, 3.05) is 13.1 Å². The molecule has 0 atom stereocenters. The van der Waals surface area contributed by atoms with Crippen molar-refractivity contribution < 1.29 is 26.4 Å². The van der Waals surface area contributed by atoms with Crippen molar-refractivity contribution in [2.45, 2.75) is 4.90 Å². The van der Waals surface area contributed by atoms with Gasteiger partial charge in [0.15, 0.2) is 17.5 Å². The molecule has 0 aliphatic carbocycles. The summed E-state index contributed by atoms with van der Waals surface area (Å²) < 4.78 is 65.4. The zero-order chi connectivity index (χ0) is 17.7. The second-order valence-corrected chi connectivity index (χ2v) is 6.46. The van der Waals surface area contributed by atoms with Crippen LogP contribution in [0.2, 0.25) is 0 Å². The fourth-order valence-corrected chi connectivity index (χ4v) is 2.89. The summed E-state index contributed by atoms with van der Waals surface area (Å²) in [5.41, 5.74) is -0.667. The first-order chi connectivity index (χ1) is 11.3. The minimum absolute atomic E-state index is 0.0583. The monoisotopic (exact) mass is 358 g/mol. The lowest BCUT2D eigenvalue weighted by Gasteiger charge is -2.09. The van der Waals surface area contributed by atoms with Crippen LogP contribution in [0.4, 0.5) is 13.2 Å². The largest absolute Gasteiger partial charge is 0.351 e. The molecule has 0 aromatic heterocycles. The molecule has 0 saturated heterocycles. The van der Waals surface area contributed by atoms with E-state index in [4.69, 9.17) is 0 Å². The average Bonchev–Trinajstić information content (AvgIpc) is 2.57. The minimum Gasteiger partial charge on any atom is -0.351 e. The highest BCUT2D eigenvalue weighted by Gasteiger charge is 2.18. The number of sulfonamides is 1. The van der Waals surface area contributed by atoms with E-state index < -0.39 is 38.9 Å². The van der Waals surface area contributed by atoms with E-state index in [2.05, 4.69) is 10.0 Å². The SMILES string of the molecule is O=C(NCCNS(=O)(=O)c1ccccc1)c1ccc(F)c(F)c1F. The number of nitrogens with one attached hydrogen (secondary N) is 2. The molecule has 0 aliphatic rings. The maximum atomic E-state index is 13.4. The zero-order valence-corrected chi connectivity index (χ0v) is 13.0. The number of carbonyl (C=O) groups excluding carboxylic acids is 1. The predicted molar refractivity (Wildman–Crippen MR) is 80.3 cm³/mol. The molecular formula is C15H13F3N2O3S. The molecule has 0 spiro atoms. The number of hydrogen-bond donors (Lipinski definition) is 2. The van der Waals surface area contributed by atoms with Gasteiger partial charge in [-0.15, -0.1) is 0 Å². The van der Waals surface area contributed by atoms with Crippen molar-refractivity contribution in [2.24, 2.45) is 0 Å². The number of hydrogen-bond acceptors (Lipinski definition) is 3. The van der Waals surface area contributed by atoms with Crippen LogP contribution in [-0.2, 0) is 10.0 Å². The number of halogens is 3. The second kappa shape index (κ2) is 7.45. The van der Waals surface area contributed by atoms with Crippen LogP contribution < -0.4 is 10.0 Å². The highest BCUT2D eigenvalue weighted by molar-refractivity contribution is 7.89. The molecule has 0 bridgehead atoms. The van der Waals surface area contributed by atoms with Crippen molar-refractivity contribution >= 4 is 15.9 Å². The lowest BCUT2D eigenvalue weighted by atomic mass is 10.2. The Hall–Kier alpha value is -2.39. The van der Waals surface area contributed by atoms with Gasteiger partial charge < -0.3 is 5.32 Å². The summed E-state index contributed by atoms with van der Waals surface area (Å²) in [7, 11) is -3.73. The number of benzene rings is 2. The van der Waals surface area contributed by atoms with Crippen molar-refractivity contribution in [3.63, 3.8) is 0 Å². The van der Waals surface area contributed by atoms with E-state index >= 15 is 0 Å². The van der Waals surface area contributed by atoms with Crippen molar-refractivity contribution in [3.05, 3.63) is 65.5 Å². The van der Waals surface area contributed by atoms with E-state index in [0.717, 1.165) is 6.07 Å². The summed E-state index contributed by atoms with van der Waals surface area (Å²) in [5, 5.41) is 2.22. The van der Waals surface area contributed by atoms with Crippen LogP contribution in [0.25, 0.3) is 0 Å². The van der Waals surface area contributed by atoms with E-state index in [-0.39, 0.29) is 18.0 Å². The summed E-state index contributed by atoms with van der Waals surface area (Å²) >= 11 is 0. The maximum absolute atomic E-state index is 13.4. The summed E-state index contributed by atoms with van der Waals surface area (Å²) in [5.74, 6) is -5.73. The Bertz CT molecular complexity index is 843. The Labute approximate surface area is 136 Å². The quantitative estimate of drug-likeness (QED) is 0.611. The van der Waals surface area contributed by atoms with Crippen LogP contribution in [0.15, 0.2) is 47.4 Å². The van der Waals surface area contributed by atoms with Crippen molar-refractivity contribution in [1.82, 2.24) is 10.0 Å². The number of rotatable bonds is 6. The molecule has 2 aromatic carbocycles. The van der Waals surface area contributed by atoms with Gasteiger partial charge in [0.2, 0.25) is 10.0 Å². The first-order valence-electron chi connectivity index (χ1n) is 6.79. The van der Waals surface area contributed by atoms with E-state index in [1.807, 2.05) is 0 Å². The van der Waals surface area contributed by atoms with Crippen LogP contribution in [0.1, 0.15) is 10.4 Å². The Kier molecular flexibility index (Phi) is 5.58. The fourth-order valence-electron chi connectivity index (χ4n) is 1.84. The Balaban J connectivity index is 1.91. The lowest BCUT2D eigenvalue weighted by molar-refractivity contribution is 0.0949. The van der Waals surface area contributed by atoms with E-state index in [9.17, 15) is 26.4 Å². The van der Waals surface area contributed by atoms with Gasteiger partial charge in [-0.2, -0.15) is 0 Å². The topological polar surface area (TPSA) is 75.3 Å². The van der Waals surface area contributed by atoms with Gasteiger partial charge in [0, 0.05) is 13.1 Å². The molecule has 0 aliphatic heterocycles. The van der Waals surface area contributed by atoms with E-state index in [1.165, 1.54) is 12.1 Å². The molecule has 0 fully saturated rings. The average molecular weight is 358 g/mol. The molecule has 5 nitrogen and oxygen atoms in total. The fraction of sp³-hybridized carbons (Fsp3) is 0.133. The van der Waals surface area contributed by atoms with E-state index in [0.29, 0.717) is 6.07 Å². The highest BCUT2D eigenvalue weighted by Crippen LogP contribution is 2.14. The van der Waals surface area contributed by atoms with Gasteiger partial charge in [-0.1, -0.05) is 18.2 Å². The van der Waals surface area contributed by atoms with Gasteiger partial charge in [-0.25, -0.2) is 26.3 Å². The molecule has 2 aromatic rings. The molecule has 0 radical (unpaired) electrons. The summed E-state index contributed by atoms with van der Waals surface area (Å²) in [6.45, 7) is -0.322. The van der Waals surface area contributed by atoms with Crippen LogP contribution >= 0.6 is 0 Å². The molecule has 1 amide bonds. The third-order valence-corrected chi connectivity index (χ3v) is 4.51. The van der Waals surface area contributed by atoms with E-state index in [1.54, 1.807) is 18.2 Å². The molecular weight excluding hydrogens is 345 g/mol. The number of amides is 1. The Morgan fingerprint density at radius 3 is 2.25 bits per heavy atom. The van der Waals surface area contributed by atoms with Crippen molar-refractivity contribution in [3.8, 4) is 0 Å². The predicted octanol–water partition coefficient (Wildman–Crippen LogP) is 1.81. The zero-order valence-electron chi connectivity index (χ0n) is 12.2. The summed E-state index contributed by atoms with van der Waals surface area (Å²) in [6, 6.07) is 9.01. The van der Waals surface area contributed by atoms with Gasteiger partial charge in [0.05, 0.1) is 10.5 Å². The van der Waals surface area contributed by atoms with Gasteiger partial charge >= 0.3 is 0 Å². The first-order valence-corrected chi connectivity index (χ1v) is 8.27. The molecule has 24 heavy (non-hydrogen) atoms. The molecule has 9 heteroatoms. The molecule has 0 heterocycles. The Morgan fingerprint density at radius 1 is 0.917 bits per heavy atom. The molecule has 0 unspecified atom stereocenters. The normalized spacial score (nSPS) is 11.3. The Morgan fingerprint density at radius 2 is 1.58 bits per heavy atom. The van der Waals surface area contributed by atoms with Gasteiger partial charge in [0.25, 0.3) is 5.91 Å². The van der Waals surface area contributed by atoms with Crippen molar-refractivity contribution in [1.29, 1.82) is 0 Å². The van der Waals surface area contributed by atoms with Gasteiger partial charge in [0.1, 0.15) is 0 Å². The smallest absolute Gasteiger partial charge is 0.254 e. The third-order valence-electron chi connectivity index (χ3n) is 3.04. The second-order valence-electron chi connectivity index (χ2n) is 4.69. The lowest BCUT2D eigenvalue weighted by Crippen LogP contribution is -2.35. The van der Waals surface area contributed by atoms with Gasteiger partial charge in [-0.3, -0.25) is 4.79 Å². The minimum atomic E-state index is -3.73. The molecule has 2 N–H and O–H groups in total. The van der Waals surface area contributed by atoms with Gasteiger partial charge in [-0.05, 0) is 24.3 Å². The highest BCUT2D eigenvalue weighted by atomic mass is 32.2. The standard InChI is InChI=1S/C15H13F3N2O3S/c16-12-7-6-11(13(17)14(12)18)15(21)19-8-9-20-24(22,23)10-4-2-1-3-5-10/h1-7,20H,8-9H2,(H,19,21). The molecule has 2 rings (SSSR count). The number of carbonyl (C=O) groups is 1. The molecule has 0 saturated carbocycles. The molecule has 128 valence electrons. The first kappa shape index (κ1) is 18.0. The third kappa shape index (κ3) is 4.12. The van der Waals surface area contributed by atoms with Crippen LogP contribution in [0.5, 0.6) is 0 Å².